The maximum absolute atomic E-state index is 3.76. The molecule has 1 heterocycles. The van der Waals surface area contributed by atoms with Crippen molar-refractivity contribution in [2.75, 3.05) is 6.54 Å². The molecule has 1 N–H and O–H groups in total. The van der Waals surface area contributed by atoms with Crippen LogP contribution in [0, 0.1) is 17.3 Å². The number of hydrogen-bond donors (Lipinski definition) is 1. The van der Waals surface area contributed by atoms with Gasteiger partial charge in [-0.15, -0.1) is 0 Å². The fourth-order valence-corrected chi connectivity index (χ4v) is 3.48. The quantitative estimate of drug-likeness (QED) is 0.584. The highest BCUT2D eigenvalue weighted by Crippen LogP contribution is 2.52. The average Bonchev–Trinajstić information content (AvgIpc) is 2.41. The molecule has 1 aliphatic carbocycles. The van der Waals surface area contributed by atoms with Crippen LogP contribution in [0.15, 0.2) is 0 Å². The highest BCUT2D eigenvalue weighted by molar-refractivity contribution is 5.12. The van der Waals surface area contributed by atoms with E-state index in [1.807, 2.05) is 0 Å². The van der Waals surface area contributed by atoms with Crippen LogP contribution in [-0.2, 0) is 0 Å². The van der Waals surface area contributed by atoms with Crippen LogP contribution in [0.3, 0.4) is 0 Å². The van der Waals surface area contributed by atoms with E-state index in [1.54, 1.807) is 0 Å². The molecule has 2 aliphatic rings. The molecule has 1 nitrogen and oxygen atoms in total. The molecule has 1 heteroatoms. The molecule has 0 aromatic rings. The van der Waals surface area contributed by atoms with Gasteiger partial charge in [0.25, 0.3) is 0 Å². The molecule has 1 aliphatic heterocycles. The van der Waals surface area contributed by atoms with Crippen LogP contribution >= 0.6 is 0 Å². The summed E-state index contributed by atoms with van der Waals surface area (Å²) in [5, 5.41) is 3.76. The van der Waals surface area contributed by atoms with E-state index in [-0.39, 0.29) is 0 Å². The third kappa shape index (κ3) is 0.891. The van der Waals surface area contributed by atoms with Gasteiger partial charge in [-0.1, -0.05) is 27.7 Å². The highest BCUT2D eigenvalue weighted by Gasteiger charge is 2.55. The van der Waals surface area contributed by atoms with Crippen LogP contribution in [0.25, 0.3) is 0 Å². The average molecular weight is 167 g/mol. The molecular weight excluding hydrogens is 146 g/mol. The van der Waals surface area contributed by atoms with Gasteiger partial charge < -0.3 is 5.32 Å². The molecule has 1 saturated heterocycles. The fourth-order valence-electron chi connectivity index (χ4n) is 3.48. The Labute approximate surface area is 75.9 Å². The molecule has 1 saturated carbocycles. The third-order valence-corrected chi connectivity index (χ3v) is 4.18. The summed E-state index contributed by atoms with van der Waals surface area (Å²) < 4.78 is 0. The van der Waals surface area contributed by atoms with Crippen LogP contribution in [0.2, 0.25) is 0 Å². The van der Waals surface area contributed by atoms with Gasteiger partial charge in [-0.3, -0.25) is 0 Å². The van der Waals surface area contributed by atoms with Crippen LogP contribution in [0.1, 0.15) is 40.5 Å². The largest absolute Gasteiger partial charge is 0.310 e. The van der Waals surface area contributed by atoms with Crippen molar-refractivity contribution < 1.29 is 0 Å². The SMILES string of the molecule is CC1CC2CNC1(C(C)(C)C)C2. The fraction of sp³-hybridized carbons (Fsp3) is 1.00. The molecule has 3 atom stereocenters. The summed E-state index contributed by atoms with van der Waals surface area (Å²) in [5.41, 5.74) is 0.884. The molecule has 0 amide bonds. The van der Waals surface area contributed by atoms with Crippen molar-refractivity contribution in [1.29, 1.82) is 0 Å². The van der Waals surface area contributed by atoms with E-state index in [0.717, 1.165) is 11.8 Å². The molecule has 2 fully saturated rings. The van der Waals surface area contributed by atoms with Crippen LogP contribution < -0.4 is 5.32 Å². The van der Waals surface area contributed by atoms with Gasteiger partial charge in [-0.2, -0.15) is 0 Å². The maximum atomic E-state index is 3.76. The van der Waals surface area contributed by atoms with Gasteiger partial charge in [0, 0.05) is 5.54 Å². The summed E-state index contributed by atoms with van der Waals surface area (Å²) in [6.07, 6.45) is 2.86. The van der Waals surface area contributed by atoms with E-state index in [0.29, 0.717) is 11.0 Å². The van der Waals surface area contributed by atoms with Crippen molar-refractivity contribution in [3.8, 4) is 0 Å². The summed E-state index contributed by atoms with van der Waals surface area (Å²) in [6, 6.07) is 0. The van der Waals surface area contributed by atoms with Gasteiger partial charge in [0.15, 0.2) is 0 Å². The van der Waals surface area contributed by atoms with Gasteiger partial charge >= 0.3 is 0 Å². The summed E-state index contributed by atoms with van der Waals surface area (Å²) >= 11 is 0. The summed E-state index contributed by atoms with van der Waals surface area (Å²) in [4.78, 5) is 0. The first-order valence-electron chi connectivity index (χ1n) is 5.21. The predicted molar refractivity (Wildman–Crippen MR) is 52.1 cm³/mol. The normalized spacial score (nSPS) is 47.0. The van der Waals surface area contributed by atoms with Gasteiger partial charge in [0.2, 0.25) is 0 Å². The molecule has 0 aromatic heterocycles. The molecule has 12 heavy (non-hydrogen) atoms. The van der Waals surface area contributed by atoms with Crippen molar-refractivity contribution in [3.05, 3.63) is 0 Å². The van der Waals surface area contributed by atoms with E-state index in [2.05, 4.69) is 33.0 Å². The number of piperidine rings is 1. The van der Waals surface area contributed by atoms with Gasteiger partial charge in [0.05, 0.1) is 0 Å². The molecule has 3 unspecified atom stereocenters. The third-order valence-electron chi connectivity index (χ3n) is 4.18. The van der Waals surface area contributed by atoms with Gasteiger partial charge in [-0.25, -0.2) is 0 Å². The van der Waals surface area contributed by atoms with E-state index in [9.17, 15) is 0 Å². The number of rotatable bonds is 0. The standard InChI is InChI=1S/C11H21N/c1-8-5-9-6-11(8,12-7-9)10(2,3)4/h8-9,12H,5-7H2,1-4H3. The monoisotopic (exact) mass is 167 g/mol. The minimum atomic E-state index is 0.428. The lowest BCUT2D eigenvalue weighted by Crippen LogP contribution is -2.55. The second-order valence-corrected chi connectivity index (χ2v) is 5.81. The zero-order valence-electron chi connectivity index (χ0n) is 8.78. The number of nitrogens with one attached hydrogen (secondary N) is 1. The summed E-state index contributed by atoms with van der Waals surface area (Å²) in [6.45, 7) is 10.8. The molecule has 0 spiro atoms. The molecule has 70 valence electrons. The number of fused-ring (bicyclic) bond motifs is 2. The summed E-state index contributed by atoms with van der Waals surface area (Å²) in [7, 11) is 0. The van der Waals surface area contributed by atoms with Crippen LogP contribution in [0.4, 0.5) is 0 Å². The first kappa shape index (κ1) is 8.55. The minimum Gasteiger partial charge on any atom is -0.310 e. The molecule has 2 rings (SSSR count). The Morgan fingerprint density at radius 2 is 2.00 bits per heavy atom. The smallest absolute Gasteiger partial charge is 0.0258 e. The summed E-state index contributed by atoms with van der Waals surface area (Å²) in [5.74, 6) is 1.84. The van der Waals surface area contributed by atoms with Crippen LogP contribution in [0.5, 0.6) is 0 Å². The lowest BCUT2D eigenvalue weighted by atomic mass is 9.68. The Morgan fingerprint density at radius 3 is 2.25 bits per heavy atom. The van der Waals surface area contributed by atoms with Crippen LogP contribution in [-0.4, -0.2) is 12.1 Å². The van der Waals surface area contributed by atoms with Crippen molar-refractivity contribution >= 4 is 0 Å². The van der Waals surface area contributed by atoms with Crippen molar-refractivity contribution in [3.63, 3.8) is 0 Å². The molecule has 2 bridgehead atoms. The Kier molecular flexibility index (Phi) is 1.61. The molecule has 0 radical (unpaired) electrons. The van der Waals surface area contributed by atoms with E-state index in [4.69, 9.17) is 0 Å². The first-order valence-corrected chi connectivity index (χ1v) is 5.21. The zero-order chi connectivity index (χ0) is 8.98. The Morgan fingerprint density at radius 1 is 1.33 bits per heavy atom. The zero-order valence-corrected chi connectivity index (χ0v) is 8.78. The Bertz CT molecular complexity index is 192. The van der Waals surface area contributed by atoms with E-state index < -0.39 is 0 Å². The van der Waals surface area contributed by atoms with Crippen molar-refractivity contribution in [2.24, 2.45) is 17.3 Å². The molecular formula is C11H21N. The predicted octanol–water partition coefficient (Wildman–Crippen LogP) is 2.42. The van der Waals surface area contributed by atoms with Gasteiger partial charge in [0.1, 0.15) is 0 Å². The lowest BCUT2D eigenvalue weighted by molar-refractivity contribution is 0.110. The van der Waals surface area contributed by atoms with Crippen molar-refractivity contribution in [2.45, 2.75) is 46.1 Å². The lowest BCUT2D eigenvalue weighted by Gasteiger charge is -2.45. The highest BCUT2D eigenvalue weighted by atomic mass is 15.1. The maximum Gasteiger partial charge on any atom is 0.0258 e. The minimum absolute atomic E-state index is 0.428. The number of hydrogen-bond acceptors (Lipinski definition) is 1. The second-order valence-electron chi connectivity index (χ2n) is 5.81. The first-order chi connectivity index (χ1) is 5.46. The molecule has 0 aromatic carbocycles. The Balaban J connectivity index is 2.30. The van der Waals surface area contributed by atoms with E-state index in [1.165, 1.54) is 19.4 Å². The van der Waals surface area contributed by atoms with Crippen molar-refractivity contribution in [1.82, 2.24) is 5.32 Å². The van der Waals surface area contributed by atoms with Gasteiger partial charge in [-0.05, 0) is 36.6 Å². The Hall–Kier alpha value is -0.0400. The second kappa shape index (κ2) is 2.25. The topological polar surface area (TPSA) is 12.0 Å². The van der Waals surface area contributed by atoms with E-state index >= 15 is 0 Å².